The number of hydrogen-bond acceptors (Lipinski definition) is 2. The van der Waals surface area contributed by atoms with Crippen molar-refractivity contribution in [3.8, 4) is 5.82 Å². The van der Waals surface area contributed by atoms with E-state index in [-0.39, 0.29) is 5.69 Å². The number of aromatic nitrogens is 3. The lowest BCUT2D eigenvalue weighted by atomic mass is 10.3. The number of pyridine rings is 1. The third-order valence-corrected chi connectivity index (χ3v) is 1.97. The molecule has 0 fully saturated rings. The monoisotopic (exact) mass is 209 g/mol. The standard InChI is InChI=1S/C10H9F2N3/c1-7-2-4-13-9(6-7)15-5-3-8(14-15)10(11)12/h2-6,10H,1H3. The summed E-state index contributed by atoms with van der Waals surface area (Å²) in [5, 5.41) is 3.73. The molecular formula is C10H9F2N3. The van der Waals surface area contributed by atoms with Crippen molar-refractivity contribution >= 4 is 0 Å². The molecule has 5 heteroatoms. The molecule has 0 bridgehead atoms. The van der Waals surface area contributed by atoms with Gasteiger partial charge in [-0.15, -0.1) is 0 Å². The SMILES string of the molecule is Cc1ccnc(-n2ccc(C(F)F)n2)c1. The second-order valence-corrected chi connectivity index (χ2v) is 3.18. The van der Waals surface area contributed by atoms with Gasteiger partial charge in [-0.05, 0) is 30.7 Å². The van der Waals surface area contributed by atoms with Crippen LogP contribution in [0.25, 0.3) is 5.82 Å². The maximum Gasteiger partial charge on any atom is 0.282 e. The van der Waals surface area contributed by atoms with Gasteiger partial charge in [-0.2, -0.15) is 5.10 Å². The van der Waals surface area contributed by atoms with E-state index in [4.69, 9.17) is 0 Å². The van der Waals surface area contributed by atoms with Crippen molar-refractivity contribution in [3.05, 3.63) is 41.9 Å². The van der Waals surface area contributed by atoms with E-state index in [0.29, 0.717) is 5.82 Å². The molecule has 0 aromatic carbocycles. The number of nitrogens with zero attached hydrogens (tertiary/aromatic N) is 3. The number of aryl methyl sites for hydroxylation is 1. The minimum atomic E-state index is -2.55. The first kappa shape index (κ1) is 9.76. The molecule has 15 heavy (non-hydrogen) atoms. The highest BCUT2D eigenvalue weighted by molar-refractivity contribution is 5.26. The van der Waals surface area contributed by atoms with Crippen LogP contribution in [0.2, 0.25) is 0 Å². The molecule has 2 aromatic heterocycles. The van der Waals surface area contributed by atoms with Crippen LogP contribution >= 0.6 is 0 Å². The molecule has 2 aromatic rings. The van der Waals surface area contributed by atoms with E-state index in [1.165, 1.54) is 16.9 Å². The van der Waals surface area contributed by atoms with E-state index >= 15 is 0 Å². The fraction of sp³-hybridized carbons (Fsp3) is 0.200. The summed E-state index contributed by atoms with van der Waals surface area (Å²) in [4.78, 5) is 4.04. The molecule has 0 aliphatic rings. The third-order valence-electron chi connectivity index (χ3n) is 1.97. The molecule has 2 heterocycles. The van der Waals surface area contributed by atoms with Gasteiger partial charge in [-0.3, -0.25) is 0 Å². The van der Waals surface area contributed by atoms with Gasteiger partial charge in [0, 0.05) is 12.4 Å². The lowest BCUT2D eigenvalue weighted by Gasteiger charge is -2.00. The molecule has 2 rings (SSSR count). The van der Waals surface area contributed by atoms with E-state index in [1.54, 1.807) is 12.3 Å². The van der Waals surface area contributed by atoms with Crippen molar-refractivity contribution in [2.24, 2.45) is 0 Å². The Labute approximate surface area is 85.4 Å². The van der Waals surface area contributed by atoms with Crippen LogP contribution in [0.4, 0.5) is 8.78 Å². The zero-order chi connectivity index (χ0) is 10.8. The van der Waals surface area contributed by atoms with Gasteiger partial charge in [0.2, 0.25) is 0 Å². The summed E-state index contributed by atoms with van der Waals surface area (Å²) in [5.74, 6) is 0.543. The zero-order valence-corrected chi connectivity index (χ0v) is 8.06. The normalized spacial score (nSPS) is 10.9. The summed E-state index contributed by atoms with van der Waals surface area (Å²) < 4.78 is 25.9. The minimum Gasteiger partial charge on any atom is -0.237 e. The van der Waals surface area contributed by atoms with Gasteiger partial charge in [0.05, 0.1) is 0 Å². The predicted octanol–water partition coefficient (Wildman–Crippen LogP) is 2.51. The predicted molar refractivity (Wildman–Crippen MR) is 51.1 cm³/mol. The van der Waals surface area contributed by atoms with Crippen LogP contribution < -0.4 is 0 Å². The van der Waals surface area contributed by atoms with E-state index in [9.17, 15) is 8.78 Å². The van der Waals surface area contributed by atoms with Crippen LogP contribution in [0, 0.1) is 6.92 Å². The van der Waals surface area contributed by atoms with Crippen molar-refractivity contribution in [2.75, 3.05) is 0 Å². The lowest BCUT2D eigenvalue weighted by Crippen LogP contribution is -1.99. The van der Waals surface area contributed by atoms with E-state index in [1.807, 2.05) is 13.0 Å². The van der Waals surface area contributed by atoms with Gasteiger partial charge >= 0.3 is 0 Å². The van der Waals surface area contributed by atoms with E-state index in [2.05, 4.69) is 10.1 Å². The van der Waals surface area contributed by atoms with Gasteiger partial charge in [-0.25, -0.2) is 18.4 Å². The molecular weight excluding hydrogens is 200 g/mol. The summed E-state index contributed by atoms with van der Waals surface area (Å²) in [5.41, 5.74) is 0.771. The smallest absolute Gasteiger partial charge is 0.237 e. The molecule has 0 atom stereocenters. The maximum absolute atomic E-state index is 12.3. The van der Waals surface area contributed by atoms with Crippen LogP contribution in [0.3, 0.4) is 0 Å². The Kier molecular flexibility index (Phi) is 2.45. The maximum atomic E-state index is 12.3. The number of alkyl halides is 2. The molecule has 78 valence electrons. The molecule has 0 aliphatic carbocycles. The van der Waals surface area contributed by atoms with Crippen molar-refractivity contribution in [1.82, 2.24) is 14.8 Å². The summed E-state index contributed by atoms with van der Waals surface area (Å²) in [6.07, 6.45) is 0.550. The van der Waals surface area contributed by atoms with E-state index in [0.717, 1.165) is 5.56 Å². The molecule has 0 saturated carbocycles. The highest BCUT2D eigenvalue weighted by atomic mass is 19.3. The lowest BCUT2D eigenvalue weighted by molar-refractivity contribution is 0.145. The Balaban J connectivity index is 2.37. The molecule has 0 aliphatic heterocycles. The molecule has 3 nitrogen and oxygen atoms in total. The number of rotatable bonds is 2. The Morgan fingerprint density at radius 3 is 2.73 bits per heavy atom. The van der Waals surface area contributed by atoms with Crippen LogP contribution in [0.5, 0.6) is 0 Å². The first-order valence-corrected chi connectivity index (χ1v) is 4.43. The fourth-order valence-corrected chi connectivity index (χ4v) is 1.23. The van der Waals surface area contributed by atoms with Crippen molar-refractivity contribution in [1.29, 1.82) is 0 Å². The van der Waals surface area contributed by atoms with Crippen LogP contribution in [-0.2, 0) is 0 Å². The van der Waals surface area contributed by atoms with E-state index < -0.39 is 6.43 Å². The summed E-state index contributed by atoms with van der Waals surface area (Å²) in [6, 6.07) is 4.90. The fourth-order valence-electron chi connectivity index (χ4n) is 1.23. The van der Waals surface area contributed by atoms with Gasteiger partial charge in [-0.1, -0.05) is 0 Å². The topological polar surface area (TPSA) is 30.7 Å². The Morgan fingerprint density at radius 1 is 1.33 bits per heavy atom. The van der Waals surface area contributed by atoms with Crippen molar-refractivity contribution < 1.29 is 8.78 Å². The van der Waals surface area contributed by atoms with Crippen molar-refractivity contribution in [3.63, 3.8) is 0 Å². The minimum absolute atomic E-state index is 0.238. The van der Waals surface area contributed by atoms with Crippen LogP contribution in [-0.4, -0.2) is 14.8 Å². The van der Waals surface area contributed by atoms with Gasteiger partial charge < -0.3 is 0 Å². The highest BCUT2D eigenvalue weighted by Gasteiger charge is 2.11. The average molecular weight is 209 g/mol. The second-order valence-electron chi connectivity index (χ2n) is 3.18. The molecule has 0 N–H and O–H groups in total. The van der Waals surface area contributed by atoms with Crippen LogP contribution in [0.15, 0.2) is 30.6 Å². The Morgan fingerprint density at radius 2 is 2.13 bits per heavy atom. The van der Waals surface area contributed by atoms with Gasteiger partial charge in [0.25, 0.3) is 6.43 Å². The van der Waals surface area contributed by atoms with Gasteiger partial charge in [0.1, 0.15) is 5.69 Å². The van der Waals surface area contributed by atoms with Gasteiger partial charge in [0.15, 0.2) is 5.82 Å². The second kappa shape index (κ2) is 3.76. The molecule has 0 spiro atoms. The summed E-state index contributed by atoms with van der Waals surface area (Å²) >= 11 is 0. The molecule has 0 saturated heterocycles. The number of hydrogen-bond donors (Lipinski definition) is 0. The molecule has 0 unspecified atom stereocenters. The largest absolute Gasteiger partial charge is 0.282 e. The zero-order valence-electron chi connectivity index (χ0n) is 8.06. The average Bonchev–Trinajstić information content (AvgIpc) is 2.66. The highest BCUT2D eigenvalue weighted by Crippen LogP contribution is 2.16. The van der Waals surface area contributed by atoms with Crippen LogP contribution in [0.1, 0.15) is 17.7 Å². The summed E-state index contributed by atoms with van der Waals surface area (Å²) in [6.45, 7) is 1.91. The third kappa shape index (κ3) is 2.01. The Hall–Kier alpha value is -1.78. The number of halogens is 2. The molecule has 0 amide bonds. The molecule has 0 radical (unpaired) electrons. The first-order valence-electron chi connectivity index (χ1n) is 4.43. The summed E-state index contributed by atoms with van der Waals surface area (Å²) in [7, 11) is 0. The Bertz CT molecular complexity index is 465. The van der Waals surface area contributed by atoms with Crippen molar-refractivity contribution in [2.45, 2.75) is 13.3 Å². The first-order chi connectivity index (χ1) is 7.16. The quantitative estimate of drug-likeness (QED) is 0.760.